The van der Waals surface area contributed by atoms with Gasteiger partial charge >= 0.3 is 0 Å². The Hall–Kier alpha value is -1.93. The van der Waals surface area contributed by atoms with E-state index in [0.29, 0.717) is 18.0 Å². The summed E-state index contributed by atoms with van der Waals surface area (Å²) in [5.41, 5.74) is 0.829. The standard InChI is InChI=1S/C18H27N3O4S/c1-12-17(23)21(11-16(22)19-8-9-20(2)3)18(26-12)14-10-13(24-4)6-7-15(14)25-5/h6-7,10,12,18H,8-9,11H2,1-5H3,(H,19,22)/t12-,18+/m1/s1. The third-order valence-corrected chi connectivity index (χ3v) is 5.52. The molecule has 2 amide bonds. The van der Waals surface area contributed by atoms with Gasteiger partial charge < -0.3 is 24.6 Å². The highest BCUT2D eigenvalue weighted by Gasteiger charge is 2.40. The van der Waals surface area contributed by atoms with Crippen molar-refractivity contribution in [3.63, 3.8) is 0 Å². The van der Waals surface area contributed by atoms with Crippen LogP contribution >= 0.6 is 11.8 Å². The van der Waals surface area contributed by atoms with Gasteiger partial charge in [0, 0.05) is 18.7 Å². The number of benzene rings is 1. The van der Waals surface area contributed by atoms with E-state index in [0.717, 1.165) is 12.1 Å². The summed E-state index contributed by atoms with van der Waals surface area (Å²) < 4.78 is 10.8. The molecule has 1 fully saturated rings. The van der Waals surface area contributed by atoms with Gasteiger partial charge in [0.05, 0.1) is 19.5 Å². The highest BCUT2D eigenvalue weighted by Crippen LogP contribution is 2.46. The Balaban J connectivity index is 2.19. The van der Waals surface area contributed by atoms with Crippen molar-refractivity contribution >= 4 is 23.6 Å². The average Bonchev–Trinajstić information content (AvgIpc) is 2.89. The molecule has 1 N–H and O–H groups in total. The molecule has 2 rings (SSSR count). The normalized spacial score (nSPS) is 19.8. The molecule has 1 aromatic carbocycles. The van der Waals surface area contributed by atoms with Crippen LogP contribution in [-0.4, -0.2) is 74.8 Å². The number of rotatable bonds is 8. The van der Waals surface area contributed by atoms with E-state index in [1.165, 1.54) is 11.8 Å². The van der Waals surface area contributed by atoms with Crippen LogP contribution in [-0.2, 0) is 9.59 Å². The molecule has 0 spiro atoms. The smallest absolute Gasteiger partial charge is 0.239 e. The van der Waals surface area contributed by atoms with Gasteiger partial charge in [-0.25, -0.2) is 0 Å². The summed E-state index contributed by atoms with van der Waals surface area (Å²) in [4.78, 5) is 28.5. The van der Waals surface area contributed by atoms with Crippen LogP contribution in [0.25, 0.3) is 0 Å². The zero-order valence-corrected chi connectivity index (χ0v) is 16.8. The van der Waals surface area contributed by atoms with Crippen LogP contribution in [0.4, 0.5) is 0 Å². The van der Waals surface area contributed by atoms with Gasteiger partial charge in [-0.05, 0) is 39.2 Å². The van der Waals surface area contributed by atoms with Gasteiger partial charge in [0.2, 0.25) is 11.8 Å². The number of methoxy groups -OCH3 is 2. The van der Waals surface area contributed by atoms with E-state index in [4.69, 9.17) is 9.47 Å². The number of carbonyl (C=O) groups excluding carboxylic acids is 2. The maximum Gasteiger partial charge on any atom is 0.239 e. The SMILES string of the molecule is COc1ccc(OC)c([C@@H]2S[C@H](C)C(=O)N2CC(=O)NCCN(C)C)c1. The van der Waals surface area contributed by atoms with Crippen LogP contribution in [0, 0.1) is 0 Å². The summed E-state index contributed by atoms with van der Waals surface area (Å²) in [6, 6.07) is 5.49. The molecule has 0 bridgehead atoms. The Kier molecular flexibility index (Phi) is 7.16. The van der Waals surface area contributed by atoms with Crippen LogP contribution in [0.15, 0.2) is 18.2 Å². The second-order valence-corrected chi connectivity index (χ2v) is 7.78. The van der Waals surface area contributed by atoms with Crippen LogP contribution in [0.1, 0.15) is 17.9 Å². The molecule has 8 heteroatoms. The first kappa shape index (κ1) is 20.4. The fourth-order valence-corrected chi connectivity index (χ4v) is 4.03. The second kappa shape index (κ2) is 9.14. The molecule has 144 valence electrons. The molecule has 26 heavy (non-hydrogen) atoms. The average molecular weight is 381 g/mol. The summed E-state index contributed by atoms with van der Waals surface area (Å²) >= 11 is 1.51. The molecule has 1 saturated heterocycles. The molecular formula is C18H27N3O4S. The van der Waals surface area contributed by atoms with Gasteiger partial charge in [-0.2, -0.15) is 0 Å². The molecule has 0 unspecified atom stereocenters. The van der Waals surface area contributed by atoms with Crippen LogP contribution in [0.5, 0.6) is 11.5 Å². The van der Waals surface area contributed by atoms with Gasteiger partial charge in [-0.15, -0.1) is 11.8 Å². The van der Waals surface area contributed by atoms with E-state index in [1.807, 2.05) is 44.1 Å². The van der Waals surface area contributed by atoms with E-state index in [1.54, 1.807) is 19.1 Å². The van der Waals surface area contributed by atoms with E-state index in [9.17, 15) is 9.59 Å². The maximum absolute atomic E-state index is 12.6. The van der Waals surface area contributed by atoms with E-state index in [2.05, 4.69) is 5.32 Å². The van der Waals surface area contributed by atoms with Crippen LogP contribution < -0.4 is 14.8 Å². The number of ether oxygens (including phenoxy) is 2. The molecule has 0 aliphatic carbocycles. The minimum Gasteiger partial charge on any atom is -0.497 e. The van der Waals surface area contributed by atoms with Gasteiger partial charge in [0.25, 0.3) is 0 Å². The van der Waals surface area contributed by atoms with Crippen LogP contribution in [0.3, 0.4) is 0 Å². The molecule has 1 aliphatic heterocycles. The lowest BCUT2D eigenvalue weighted by molar-refractivity contribution is -0.135. The first-order valence-corrected chi connectivity index (χ1v) is 9.41. The number of carbonyl (C=O) groups is 2. The molecule has 1 aliphatic rings. The third kappa shape index (κ3) is 4.82. The monoisotopic (exact) mass is 381 g/mol. The lowest BCUT2D eigenvalue weighted by atomic mass is 10.1. The molecular weight excluding hydrogens is 354 g/mol. The first-order chi connectivity index (χ1) is 12.4. The second-order valence-electron chi connectivity index (χ2n) is 6.36. The summed E-state index contributed by atoms with van der Waals surface area (Å²) in [6.45, 7) is 3.17. The van der Waals surface area contributed by atoms with Crippen LogP contribution in [0.2, 0.25) is 0 Å². The Labute approximate surface area is 159 Å². The number of amides is 2. The van der Waals surface area contributed by atoms with Gasteiger partial charge in [0.1, 0.15) is 23.4 Å². The minimum absolute atomic E-state index is 0.0225. The zero-order chi connectivity index (χ0) is 19.3. The fraction of sp³-hybridized carbons (Fsp3) is 0.556. The third-order valence-electron chi connectivity index (χ3n) is 4.15. The Morgan fingerprint density at radius 1 is 1.31 bits per heavy atom. The van der Waals surface area contributed by atoms with Crippen molar-refractivity contribution in [2.75, 3.05) is 47.9 Å². The quantitative estimate of drug-likeness (QED) is 0.733. The maximum atomic E-state index is 12.6. The van der Waals surface area contributed by atoms with Gasteiger partial charge in [-0.1, -0.05) is 0 Å². The molecule has 1 aromatic rings. The Bertz CT molecular complexity index is 653. The van der Waals surface area contributed by atoms with Gasteiger partial charge in [0.15, 0.2) is 0 Å². The number of nitrogens with one attached hydrogen (secondary N) is 1. The molecule has 0 aromatic heterocycles. The van der Waals surface area contributed by atoms with Crippen molar-refractivity contribution in [1.82, 2.24) is 15.1 Å². The fourth-order valence-electron chi connectivity index (χ4n) is 2.74. The van der Waals surface area contributed by atoms with Crippen molar-refractivity contribution in [3.8, 4) is 11.5 Å². The molecule has 7 nitrogen and oxygen atoms in total. The Morgan fingerprint density at radius 3 is 2.65 bits per heavy atom. The van der Waals surface area contributed by atoms with E-state index in [-0.39, 0.29) is 29.0 Å². The summed E-state index contributed by atoms with van der Waals surface area (Å²) in [7, 11) is 7.07. The number of hydrogen-bond donors (Lipinski definition) is 1. The molecule has 1 heterocycles. The molecule has 0 saturated carbocycles. The lowest BCUT2D eigenvalue weighted by Crippen LogP contribution is -2.41. The van der Waals surface area contributed by atoms with Crippen molar-refractivity contribution in [3.05, 3.63) is 23.8 Å². The zero-order valence-electron chi connectivity index (χ0n) is 15.9. The summed E-state index contributed by atoms with van der Waals surface area (Å²) in [5.74, 6) is 1.14. The number of likely N-dealkylation sites (N-methyl/N-ethyl adjacent to an activating group) is 1. The predicted octanol–water partition coefficient (Wildman–Crippen LogP) is 1.34. The van der Waals surface area contributed by atoms with E-state index < -0.39 is 0 Å². The highest BCUT2D eigenvalue weighted by atomic mass is 32.2. The number of thioether (sulfide) groups is 1. The molecule has 2 atom stereocenters. The Morgan fingerprint density at radius 2 is 2.04 bits per heavy atom. The number of hydrogen-bond acceptors (Lipinski definition) is 6. The molecule has 0 radical (unpaired) electrons. The minimum atomic E-state index is -0.290. The number of nitrogens with zero attached hydrogens (tertiary/aromatic N) is 2. The first-order valence-electron chi connectivity index (χ1n) is 8.46. The van der Waals surface area contributed by atoms with Crippen molar-refractivity contribution < 1.29 is 19.1 Å². The topological polar surface area (TPSA) is 71.1 Å². The van der Waals surface area contributed by atoms with Crippen molar-refractivity contribution in [2.45, 2.75) is 17.5 Å². The van der Waals surface area contributed by atoms with E-state index >= 15 is 0 Å². The summed E-state index contributed by atoms with van der Waals surface area (Å²) in [5, 5.41) is 2.35. The predicted molar refractivity (Wildman–Crippen MR) is 103 cm³/mol. The van der Waals surface area contributed by atoms with Crippen molar-refractivity contribution in [1.29, 1.82) is 0 Å². The highest BCUT2D eigenvalue weighted by molar-refractivity contribution is 8.01. The summed E-state index contributed by atoms with van der Waals surface area (Å²) in [6.07, 6.45) is 0. The van der Waals surface area contributed by atoms with Crippen molar-refractivity contribution in [2.24, 2.45) is 0 Å². The van der Waals surface area contributed by atoms with Gasteiger partial charge in [-0.3, -0.25) is 9.59 Å². The largest absolute Gasteiger partial charge is 0.497 e. The lowest BCUT2D eigenvalue weighted by Gasteiger charge is -2.25.